The van der Waals surface area contributed by atoms with Crippen molar-refractivity contribution in [3.63, 3.8) is 0 Å². The third-order valence-electron chi connectivity index (χ3n) is 6.72. The predicted molar refractivity (Wildman–Crippen MR) is 128 cm³/mol. The highest BCUT2D eigenvalue weighted by atomic mass is 32.1. The predicted octanol–water partition coefficient (Wildman–Crippen LogP) is 4.57. The zero-order valence-corrected chi connectivity index (χ0v) is 18.9. The second-order valence-electron chi connectivity index (χ2n) is 8.73. The number of likely N-dealkylation sites (tertiary alicyclic amines) is 1. The molecule has 2 saturated heterocycles. The van der Waals surface area contributed by atoms with Crippen LogP contribution in [0.4, 0.5) is 10.1 Å². The number of rotatable bonds is 5. The fourth-order valence-corrected chi connectivity index (χ4v) is 5.74. The number of piperazine rings is 1. The average molecular weight is 450 g/mol. The topological polar surface area (TPSA) is 26.8 Å². The van der Waals surface area contributed by atoms with Gasteiger partial charge in [-0.15, -0.1) is 11.3 Å². The van der Waals surface area contributed by atoms with Gasteiger partial charge >= 0.3 is 0 Å². The first-order valence-electron chi connectivity index (χ1n) is 11.3. The molecule has 2 atom stereocenters. The van der Waals surface area contributed by atoms with Gasteiger partial charge < -0.3 is 9.80 Å². The van der Waals surface area contributed by atoms with Crippen LogP contribution in [0.25, 0.3) is 0 Å². The van der Waals surface area contributed by atoms with E-state index in [9.17, 15) is 9.18 Å². The van der Waals surface area contributed by atoms with Gasteiger partial charge in [-0.2, -0.15) is 0 Å². The summed E-state index contributed by atoms with van der Waals surface area (Å²) in [6.45, 7) is 6.29. The summed E-state index contributed by atoms with van der Waals surface area (Å²) in [6.07, 6.45) is 0. The molecule has 166 valence electrons. The van der Waals surface area contributed by atoms with Gasteiger partial charge in [0.1, 0.15) is 5.82 Å². The van der Waals surface area contributed by atoms with Crippen molar-refractivity contribution in [2.75, 3.05) is 50.7 Å². The average Bonchev–Trinajstić information content (AvgIpc) is 3.50. The summed E-state index contributed by atoms with van der Waals surface area (Å²) in [5, 5.41) is 1.94. The zero-order chi connectivity index (χ0) is 21.9. The van der Waals surface area contributed by atoms with Crippen LogP contribution < -0.4 is 4.90 Å². The summed E-state index contributed by atoms with van der Waals surface area (Å²) in [5.74, 6) is 0.337. The Morgan fingerprint density at radius 3 is 2.47 bits per heavy atom. The molecule has 5 rings (SSSR count). The number of carbonyl (C=O) groups is 1. The van der Waals surface area contributed by atoms with Crippen molar-refractivity contribution in [2.45, 2.75) is 5.92 Å². The van der Waals surface area contributed by atoms with Crippen molar-refractivity contribution in [3.05, 3.63) is 88.4 Å². The van der Waals surface area contributed by atoms with Crippen LogP contribution in [0.5, 0.6) is 0 Å². The van der Waals surface area contributed by atoms with E-state index in [1.807, 2.05) is 28.5 Å². The maximum atomic E-state index is 14.0. The summed E-state index contributed by atoms with van der Waals surface area (Å²) >= 11 is 1.49. The van der Waals surface area contributed by atoms with Crippen molar-refractivity contribution >= 4 is 22.9 Å². The molecule has 3 heterocycles. The van der Waals surface area contributed by atoms with Crippen molar-refractivity contribution in [1.82, 2.24) is 9.80 Å². The van der Waals surface area contributed by atoms with E-state index in [1.54, 1.807) is 12.1 Å². The molecule has 0 radical (unpaired) electrons. The Morgan fingerprint density at radius 1 is 0.938 bits per heavy atom. The van der Waals surface area contributed by atoms with Crippen LogP contribution in [0, 0.1) is 11.7 Å². The Morgan fingerprint density at radius 2 is 1.75 bits per heavy atom. The van der Waals surface area contributed by atoms with Gasteiger partial charge in [-0.3, -0.25) is 9.69 Å². The van der Waals surface area contributed by atoms with Gasteiger partial charge in [0.25, 0.3) is 5.91 Å². The van der Waals surface area contributed by atoms with Crippen LogP contribution in [0.15, 0.2) is 72.1 Å². The van der Waals surface area contributed by atoms with E-state index in [0.29, 0.717) is 12.5 Å². The quantitative estimate of drug-likeness (QED) is 0.571. The number of para-hydroxylation sites is 1. The number of benzene rings is 2. The van der Waals surface area contributed by atoms with E-state index in [-0.39, 0.29) is 17.6 Å². The molecule has 1 amide bonds. The van der Waals surface area contributed by atoms with Gasteiger partial charge in [0.15, 0.2) is 0 Å². The number of halogens is 1. The third-order valence-corrected chi connectivity index (χ3v) is 7.58. The van der Waals surface area contributed by atoms with Crippen molar-refractivity contribution in [3.8, 4) is 0 Å². The molecule has 4 nitrogen and oxygen atoms in total. The monoisotopic (exact) mass is 449 g/mol. The Labute approximate surface area is 192 Å². The molecule has 2 aliphatic rings. The molecular formula is C26H28FN3OS. The lowest BCUT2D eigenvalue weighted by molar-refractivity contribution is 0.0787. The minimum absolute atomic E-state index is 0.0952. The number of amides is 1. The molecule has 2 fully saturated rings. The van der Waals surface area contributed by atoms with E-state index >= 15 is 0 Å². The molecule has 0 unspecified atom stereocenters. The Bertz CT molecular complexity index is 1030. The minimum atomic E-state index is -0.208. The molecule has 0 N–H and O–H groups in total. The Hall–Kier alpha value is -2.70. The van der Waals surface area contributed by atoms with Crippen LogP contribution >= 0.6 is 11.3 Å². The van der Waals surface area contributed by atoms with Crippen LogP contribution in [-0.2, 0) is 0 Å². The summed E-state index contributed by atoms with van der Waals surface area (Å²) in [7, 11) is 0. The van der Waals surface area contributed by atoms with Crippen molar-refractivity contribution < 1.29 is 9.18 Å². The lowest BCUT2D eigenvalue weighted by atomic mass is 9.88. The molecule has 0 spiro atoms. The maximum Gasteiger partial charge on any atom is 0.263 e. The minimum Gasteiger partial charge on any atom is -0.369 e. The number of thiophene rings is 1. The van der Waals surface area contributed by atoms with Gasteiger partial charge in [0.05, 0.1) is 4.88 Å². The van der Waals surface area contributed by atoms with E-state index < -0.39 is 0 Å². The normalized spacial score (nSPS) is 21.8. The van der Waals surface area contributed by atoms with E-state index in [4.69, 9.17) is 0 Å². The summed E-state index contributed by atoms with van der Waals surface area (Å²) in [6, 6.07) is 21.3. The number of carbonyl (C=O) groups excluding carboxylic acids is 1. The SMILES string of the molecule is O=C(c1cccs1)N1C[C@H](CN2CCN(c3ccccc3)CC2)[C@@H](c2cccc(F)c2)C1. The van der Waals surface area contributed by atoms with Gasteiger partial charge in [-0.25, -0.2) is 4.39 Å². The molecule has 2 aromatic carbocycles. The van der Waals surface area contributed by atoms with Gasteiger partial charge in [0, 0.05) is 57.4 Å². The first-order valence-corrected chi connectivity index (χ1v) is 12.2. The highest BCUT2D eigenvalue weighted by molar-refractivity contribution is 7.12. The number of hydrogen-bond donors (Lipinski definition) is 0. The first-order chi connectivity index (χ1) is 15.7. The fraction of sp³-hybridized carbons (Fsp3) is 0.346. The van der Waals surface area contributed by atoms with Gasteiger partial charge in [0.2, 0.25) is 0 Å². The molecule has 2 aliphatic heterocycles. The summed E-state index contributed by atoms with van der Waals surface area (Å²) in [5.41, 5.74) is 2.28. The van der Waals surface area contributed by atoms with Crippen molar-refractivity contribution in [1.29, 1.82) is 0 Å². The fourth-order valence-electron chi connectivity index (χ4n) is 5.05. The van der Waals surface area contributed by atoms with E-state index in [2.05, 4.69) is 40.1 Å². The van der Waals surface area contributed by atoms with Gasteiger partial charge in [-0.05, 0) is 47.2 Å². The lowest BCUT2D eigenvalue weighted by Gasteiger charge is -2.37. The number of nitrogens with zero attached hydrogens (tertiary/aromatic N) is 3. The molecule has 32 heavy (non-hydrogen) atoms. The first kappa shape index (κ1) is 21.2. The Balaban J connectivity index is 1.28. The third kappa shape index (κ3) is 4.57. The second kappa shape index (κ2) is 9.43. The molecule has 0 aliphatic carbocycles. The standard InChI is InChI=1S/C26H28FN3OS/c27-22-7-4-6-20(16-22)24-19-30(26(31)25-10-5-15-32-25)18-21(24)17-28-11-13-29(14-12-28)23-8-2-1-3-9-23/h1-10,15-16,21,24H,11-14,17-19H2/t21-,24+/m0/s1. The van der Waals surface area contributed by atoms with Crippen LogP contribution in [-0.4, -0.2) is 61.5 Å². The molecule has 0 saturated carbocycles. The molecule has 1 aromatic heterocycles. The lowest BCUT2D eigenvalue weighted by Crippen LogP contribution is -2.48. The van der Waals surface area contributed by atoms with Crippen LogP contribution in [0.3, 0.4) is 0 Å². The largest absolute Gasteiger partial charge is 0.369 e. The highest BCUT2D eigenvalue weighted by Gasteiger charge is 2.38. The highest BCUT2D eigenvalue weighted by Crippen LogP contribution is 2.35. The summed E-state index contributed by atoms with van der Waals surface area (Å²) in [4.78, 5) is 20.7. The zero-order valence-electron chi connectivity index (χ0n) is 18.1. The smallest absolute Gasteiger partial charge is 0.263 e. The maximum absolute atomic E-state index is 14.0. The Kier molecular flexibility index (Phi) is 6.23. The molecule has 6 heteroatoms. The van der Waals surface area contributed by atoms with Gasteiger partial charge in [-0.1, -0.05) is 36.4 Å². The van der Waals surface area contributed by atoms with Crippen LogP contribution in [0.2, 0.25) is 0 Å². The molecule has 3 aromatic rings. The molecular weight excluding hydrogens is 421 g/mol. The number of anilines is 1. The molecule has 0 bridgehead atoms. The van der Waals surface area contributed by atoms with Crippen LogP contribution in [0.1, 0.15) is 21.2 Å². The summed E-state index contributed by atoms with van der Waals surface area (Å²) < 4.78 is 14.0. The number of hydrogen-bond acceptors (Lipinski definition) is 4. The second-order valence-corrected chi connectivity index (χ2v) is 9.68. The van der Waals surface area contributed by atoms with Crippen molar-refractivity contribution in [2.24, 2.45) is 5.92 Å². The van der Waals surface area contributed by atoms with E-state index in [1.165, 1.54) is 23.1 Å². The van der Waals surface area contributed by atoms with E-state index in [0.717, 1.165) is 49.7 Å².